The molecule has 0 aliphatic heterocycles. The Bertz CT molecular complexity index is 612. The summed E-state index contributed by atoms with van der Waals surface area (Å²) in [5.74, 6) is 0.766. The van der Waals surface area contributed by atoms with Crippen LogP contribution in [0.5, 0.6) is 5.75 Å². The van der Waals surface area contributed by atoms with Gasteiger partial charge in [-0.2, -0.15) is 0 Å². The highest BCUT2D eigenvalue weighted by atomic mass is 32.2. The first-order chi connectivity index (χ1) is 8.06. The number of hydrogen-bond donors (Lipinski definition) is 0. The van der Waals surface area contributed by atoms with Crippen LogP contribution < -0.4 is 4.74 Å². The van der Waals surface area contributed by atoms with E-state index in [1.807, 2.05) is 42.5 Å². The van der Waals surface area contributed by atoms with Crippen molar-refractivity contribution in [2.24, 2.45) is 0 Å². The molecule has 0 N–H and O–H groups in total. The Balaban J connectivity index is 2.19. The van der Waals surface area contributed by atoms with Gasteiger partial charge in [-0.1, -0.05) is 36.4 Å². The van der Waals surface area contributed by atoms with E-state index in [0.717, 1.165) is 16.5 Å². The van der Waals surface area contributed by atoms with Gasteiger partial charge in [0.1, 0.15) is 12.4 Å². The molecular formula is C13H14O3S. The van der Waals surface area contributed by atoms with Crippen LogP contribution >= 0.6 is 0 Å². The summed E-state index contributed by atoms with van der Waals surface area (Å²) in [7, 11) is -2.97. The molecule has 0 atom stereocenters. The number of sulfone groups is 1. The van der Waals surface area contributed by atoms with Gasteiger partial charge in [-0.25, -0.2) is 8.42 Å². The molecule has 0 heterocycles. The summed E-state index contributed by atoms with van der Waals surface area (Å²) in [5, 5.41) is 2.09. The molecule has 2 aromatic carbocycles. The Hall–Kier alpha value is -1.55. The fourth-order valence-corrected chi connectivity index (χ4v) is 2.01. The minimum Gasteiger partial charge on any atom is -0.492 e. The zero-order valence-electron chi connectivity index (χ0n) is 9.59. The third-order valence-electron chi connectivity index (χ3n) is 2.46. The molecule has 90 valence electrons. The molecule has 2 rings (SSSR count). The Kier molecular flexibility index (Phi) is 3.33. The molecule has 0 amide bonds. The molecule has 0 unspecified atom stereocenters. The quantitative estimate of drug-likeness (QED) is 0.836. The van der Waals surface area contributed by atoms with E-state index in [9.17, 15) is 8.42 Å². The molecule has 0 fully saturated rings. The van der Waals surface area contributed by atoms with Crippen molar-refractivity contribution in [3.05, 3.63) is 42.5 Å². The molecule has 0 saturated heterocycles. The summed E-state index contributed by atoms with van der Waals surface area (Å²) >= 11 is 0. The molecular weight excluding hydrogens is 236 g/mol. The van der Waals surface area contributed by atoms with Crippen molar-refractivity contribution < 1.29 is 13.2 Å². The minimum absolute atomic E-state index is 0.0379. The fraction of sp³-hybridized carbons (Fsp3) is 0.231. The predicted octanol–water partition coefficient (Wildman–Crippen LogP) is 2.26. The standard InChI is InChI=1S/C13H14O3S/c1-17(14,15)10-9-16-13-8-4-6-11-5-2-3-7-12(11)13/h2-8H,9-10H2,1H3. The van der Waals surface area contributed by atoms with Crippen LogP contribution in [0.4, 0.5) is 0 Å². The first-order valence-electron chi connectivity index (χ1n) is 5.34. The first-order valence-corrected chi connectivity index (χ1v) is 7.40. The van der Waals surface area contributed by atoms with Gasteiger partial charge >= 0.3 is 0 Å². The second-order valence-electron chi connectivity index (χ2n) is 3.96. The molecule has 17 heavy (non-hydrogen) atoms. The first kappa shape index (κ1) is 11.9. The maximum atomic E-state index is 11.0. The summed E-state index contributed by atoms with van der Waals surface area (Å²) in [4.78, 5) is 0. The lowest BCUT2D eigenvalue weighted by Gasteiger charge is -2.08. The normalized spacial score (nSPS) is 11.6. The van der Waals surface area contributed by atoms with Crippen molar-refractivity contribution in [3.8, 4) is 5.75 Å². The molecule has 0 bridgehead atoms. The Morgan fingerprint density at radius 2 is 1.76 bits per heavy atom. The molecule has 0 saturated carbocycles. The van der Waals surface area contributed by atoms with Crippen molar-refractivity contribution >= 4 is 20.6 Å². The van der Waals surface area contributed by atoms with Gasteiger partial charge in [0.25, 0.3) is 0 Å². The summed E-state index contributed by atoms with van der Waals surface area (Å²) in [6.45, 7) is 0.187. The summed E-state index contributed by atoms with van der Waals surface area (Å²) in [6, 6.07) is 13.6. The van der Waals surface area contributed by atoms with Crippen LogP contribution in [0.25, 0.3) is 10.8 Å². The Morgan fingerprint density at radius 1 is 1.06 bits per heavy atom. The highest BCUT2D eigenvalue weighted by Gasteiger charge is 2.04. The third-order valence-corrected chi connectivity index (χ3v) is 3.37. The van der Waals surface area contributed by atoms with Gasteiger partial charge in [0.2, 0.25) is 0 Å². The highest BCUT2D eigenvalue weighted by Crippen LogP contribution is 2.24. The molecule has 3 nitrogen and oxygen atoms in total. The SMILES string of the molecule is CS(=O)(=O)CCOc1cccc2ccccc12. The summed E-state index contributed by atoms with van der Waals surface area (Å²) < 4.78 is 27.5. The van der Waals surface area contributed by atoms with Crippen LogP contribution in [0.3, 0.4) is 0 Å². The van der Waals surface area contributed by atoms with Gasteiger partial charge in [-0.15, -0.1) is 0 Å². The van der Waals surface area contributed by atoms with Crippen molar-refractivity contribution in [3.63, 3.8) is 0 Å². The second kappa shape index (κ2) is 4.75. The maximum Gasteiger partial charge on any atom is 0.150 e. The average molecular weight is 250 g/mol. The third kappa shape index (κ3) is 3.20. The smallest absolute Gasteiger partial charge is 0.150 e. The van der Waals surface area contributed by atoms with E-state index in [4.69, 9.17) is 4.74 Å². The number of rotatable bonds is 4. The van der Waals surface area contributed by atoms with E-state index in [-0.39, 0.29) is 12.4 Å². The van der Waals surface area contributed by atoms with Crippen LogP contribution in [0.2, 0.25) is 0 Å². The molecule has 0 aromatic heterocycles. The molecule has 2 aromatic rings. The Morgan fingerprint density at radius 3 is 2.53 bits per heavy atom. The highest BCUT2D eigenvalue weighted by molar-refractivity contribution is 7.90. The average Bonchev–Trinajstić information content (AvgIpc) is 2.28. The van der Waals surface area contributed by atoms with E-state index >= 15 is 0 Å². The summed E-state index contributed by atoms with van der Waals surface area (Å²) in [5.41, 5.74) is 0. The van der Waals surface area contributed by atoms with E-state index in [1.54, 1.807) is 0 Å². The topological polar surface area (TPSA) is 43.4 Å². The van der Waals surface area contributed by atoms with Gasteiger partial charge in [0, 0.05) is 11.6 Å². The maximum absolute atomic E-state index is 11.0. The lowest BCUT2D eigenvalue weighted by molar-refractivity contribution is 0.345. The zero-order chi connectivity index (χ0) is 12.3. The van der Waals surface area contributed by atoms with Gasteiger partial charge < -0.3 is 4.74 Å². The lowest BCUT2D eigenvalue weighted by Crippen LogP contribution is -2.12. The van der Waals surface area contributed by atoms with Crippen LogP contribution in [0.1, 0.15) is 0 Å². The van der Waals surface area contributed by atoms with Crippen molar-refractivity contribution in [2.45, 2.75) is 0 Å². The molecule has 0 aliphatic rings. The van der Waals surface area contributed by atoms with Crippen LogP contribution in [0.15, 0.2) is 42.5 Å². The molecule has 0 spiro atoms. The second-order valence-corrected chi connectivity index (χ2v) is 6.22. The largest absolute Gasteiger partial charge is 0.492 e. The fourth-order valence-electron chi connectivity index (χ4n) is 1.62. The minimum atomic E-state index is -2.97. The van der Waals surface area contributed by atoms with E-state index in [2.05, 4.69) is 0 Å². The lowest BCUT2D eigenvalue weighted by atomic mass is 10.1. The molecule has 4 heteroatoms. The number of benzene rings is 2. The van der Waals surface area contributed by atoms with Gasteiger partial charge in [-0.3, -0.25) is 0 Å². The van der Waals surface area contributed by atoms with Gasteiger partial charge in [-0.05, 0) is 11.5 Å². The van der Waals surface area contributed by atoms with Crippen molar-refractivity contribution in [2.75, 3.05) is 18.6 Å². The predicted molar refractivity (Wildman–Crippen MR) is 69.2 cm³/mol. The monoisotopic (exact) mass is 250 g/mol. The molecule has 0 aliphatic carbocycles. The van der Waals surface area contributed by atoms with Crippen LogP contribution in [-0.4, -0.2) is 27.0 Å². The summed E-state index contributed by atoms with van der Waals surface area (Å²) in [6.07, 6.45) is 1.21. The van der Waals surface area contributed by atoms with E-state index < -0.39 is 9.84 Å². The van der Waals surface area contributed by atoms with Crippen molar-refractivity contribution in [1.82, 2.24) is 0 Å². The number of fused-ring (bicyclic) bond motifs is 1. The number of hydrogen-bond acceptors (Lipinski definition) is 3. The molecule has 0 radical (unpaired) electrons. The van der Waals surface area contributed by atoms with Gasteiger partial charge in [0.05, 0.1) is 5.75 Å². The van der Waals surface area contributed by atoms with Crippen molar-refractivity contribution in [1.29, 1.82) is 0 Å². The van der Waals surface area contributed by atoms with Crippen LogP contribution in [-0.2, 0) is 9.84 Å². The number of ether oxygens (including phenoxy) is 1. The zero-order valence-corrected chi connectivity index (χ0v) is 10.4. The van der Waals surface area contributed by atoms with E-state index in [0.29, 0.717) is 0 Å². The Labute approximate surface area is 101 Å². The van der Waals surface area contributed by atoms with Gasteiger partial charge in [0.15, 0.2) is 9.84 Å². The van der Waals surface area contributed by atoms with Crippen LogP contribution in [0, 0.1) is 0 Å². The van der Waals surface area contributed by atoms with E-state index in [1.165, 1.54) is 6.26 Å².